The highest BCUT2D eigenvalue weighted by atomic mass is 32.2. The van der Waals surface area contributed by atoms with Crippen molar-refractivity contribution in [3.05, 3.63) is 65.2 Å². The van der Waals surface area contributed by atoms with E-state index in [-0.39, 0.29) is 42.1 Å². The lowest BCUT2D eigenvalue weighted by atomic mass is 10.1. The Morgan fingerprint density at radius 2 is 1.71 bits per heavy atom. The molecule has 1 saturated heterocycles. The van der Waals surface area contributed by atoms with Crippen molar-refractivity contribution in [3.63, 3.8) is 0 Å². The molecule has 2 aromatic carbocycles. The third-order valence-electron chi connectivity index (χ3n) is 4.43. The summed E-state index contributed by atoms with van der Waals surface area (Å²) in [4.78, 5) is 12.3. The van der Waals surface area contributed by atoms with Crippen LogP contribution < -0.4 is 5.32 Å². The van der Waals surface area contributed by atoms with Gasteiger partial charge < -0.3 is 10.1 Å². The SMILES string of the molecule is O=C(NCCc1c(F)cccc1F)c1cccc(S(=O)(=O)N2CCOCC2)c1. The van der Waals surface area contributed by atoms with Crippen molar-refractivity contribution in [2.45, 2.75) is 11.3 Å². The maximum Gasteiger partial charge on any atom is 0.251 e. The lowest BCUT2D eigenvalue weighted by Crippen LogP contribution is -2.40. The van der Waals surface area contributed by atoms with Gasteiger partial charge in [-0.3, -0.25) is 4.79 Å². The van der Waals surface area contributed by atoms with Crippen molar-refractivity contribution in [1.82, 2.24) is 9.62 Å². The van der Waals surface area contributed by atoms with Gasteiger partial charge in [-0.2, -0.15) is 4.31 Å². The van der Waals surface area contributed by atoms with Crippen LogP contribution in [0.4, 0.5) is 8.78 Å². The molecule has 0 unspecified atom stereocenters. The first-order valence-electron chi connectivity index (χ1n) is 8.78. The maximum atomic E-state index is 13.6. The van der Waals surface area contributed by atoms with Crippen molar-refractivity contribution in [1.29, 1.82) is 0 Å². The van der Waals surface area contributed by atoms with Crippen LogP contribution in [0, 0.1) is 11.6 Å². The normalized spacial score (nSPS) is 15.4. The molecular formula is C19H20F2N2O4S. The number of amides is 1. The first kappa shape index (κ1) is 20.4. The highest BCUT2D eigenvalue weighted by molar-refractivity contribution is 7.89. The highest BCUT2D eigenvalue weighted by Crippen LogP contribution is 2.18. The number of hydrogen-bond donors (Lipinski definition) is 1. The Balaban J connectivity index is 1.67. The molecule has 1 fully saturated rings. The zero-order valence-corrected chi connectivity index (χ0v) is 15.8. The lowest BCUT2D eigenvalue weighted by Gasteiger charge is -2.26. The van der Waals surface area contributed by atoms with Crippen LogP contribution in [0.2, 0.25) is 0 Å². The van der Waals surface area contributed by atoms with Crippen LogP contribution in [-0.2, 0) is 21.2 Å². The molecule has 3 rings (SSSR count). The molecular weight excluding hydrogens is 390 g/mol. The standard InChI is InChI=1S/C19H20F2N2O4S/c20-17-5-2-6-18(21)16(17)7-8-22-19(24)14-3-1-4-15(13-14)28(25,26)23-9-11-27-12-10-23/h1-6,13H,7-12H2,(H,22,24). The van der Waals surface area contributed by atoms with Gasteiger partial charge in [0, 0.05) is 30.8 Å². The van der Waals surface area contributed by atoms with Crippen LogP contribution in [-0.4, -0.2) is 51.5 Å². The molecule has 0 radical (unpaired) electrons. The third kappa shape index (κ3) is 4.54. The Labute approximate surface area is 162 Å². The van der Waals surface area contributed by atoms with Crippen LogP contribution in [0.5, 0.6) is 0 Å². The number of carbonyl (C=O) groups is 1. The Kier molecular flexibility index (Phi) is 6.38. The summed E-state index contributed by atoms with van der Waals surface area (Å²) in [5.41, 5.74) is 0.0507. The number of sulfonamides is 1. The number of hydrogen-bond acceptors (Lipinski definition) is 4. The van der Waals surface area contributed by atoms with Crippen LogP contribution in [0.25, 0.3) is 0 Å². The zero-order valence-electron chi connectivity index (χ0n) is 15.0. The topological polar surface area (TPSA) is 75.7 Å². The Morgan fingerprint density at radius 1 is 1.07 bits per heavy atom. The predicted molar refractivity (Wildman–Crippen MR) is 98.4 cm³/mol. The number of morpholine rings is 1. The van der Waals surface area contributed by atoms with E-state index in [0.717, 1.165) is 12.1 Å². The Bertz CT molecular complexity index is 940. The van der Waals surface area contributed by atoms with E-state index in [2.05, 4.69) is 5.32 Å². The van der Waals surface area contributed by atoms with Gasteiger partial charge in [0.2, 0.25) is 10.0 Å². The minimum Gasteiger partial charge on any atom is -0.379 e. The quantitative estimate of drug-likeness (QED) is 0.790. The number of benzene rings is 2. The van der Waals surface area contributed by atoms with Crippen LogP contribution in [0.1, 0.15) is 15.9 Å². The van der Waals surface area contributed by atoms with Gasteiger partial charge in [0.05, 0.1) is 18.1 Å². The smallest absolute Gasteiger partial charge is 0.251 e. The summed E-state index contributed by atoms with van der Waals surface area (Å²) in [6.45, 7) is 1.18. The summed E-state index contributed by atoms with van der Waals surface area (Å²) >= 11 is 0. The molecule has 0 bridgehead atoms. The van der Waals surface area contributed by atoms with Crippen LogP contribution in [0.3, 0.4) is 0 Å². The number of ether oxygens (including phenoxy) is 1. The van der Waals surface area contributed by atoms with Gasteiger partial charge in [-0.1, -0.05) is 12.1 Å². The van der Waals surface area contributed by atoms with Gasteiger partial charge >= 0.3 is 0 Å². The van der Waals surface area contributed by atoms with Crippen molar-refractivity contribution in [2.75, 3.05) is 32.8 Å². The van der Waals surface area contributed by atoms with Crippen LogP contribution >= 0.6 is 0 Å². The van der Waals surface area contributed by atoms with Gasteiger partial charge in [-0.15, -0.1) is 0 Å². The van der Waals surface area contributed by atoms with E-state index >= 15 is 0 Å². The summed E-state index contributed by atoms with van der Waals surface area (Å²) < 4.78 is 59.1. The number of nitrogens with one attached hydrogen (secondary N) is 1. The minimum absolute atomic E-state index is 0.0110. The Hall–Kier alpha value is -2.36. The second-order valence-electron chi connectivity index (χ2n) is 6.25. The fraction of sp³-hybridized carbons (Fsp3) is 0.316. The van der Waals surface area contributed by atoms with E-state index in [9.17, 15) is 22.0 Å². The maximum absolute atomic E-state index is 13.6. The molecule has 6 nitrogen and oxygen atoms in total. The largest absolute Gasteiger partial charge is 0.379 e. The van der Waals surface area contributed by atoms with E-state index in [1.807, 2.05) is 0 Å². The van der Waals surface area contributed by atoms with Gasteiger partial charge in [0.1, 0.15) is 11.6 Å². The fourth-order valence-corrected chi connectivity index (χ4v) is 4.36. The molecule has 0 saturated carbocycles. The summed E-state index contributed by atoms with van der Waals surface area (Å²) in [6, 6.07) is 9.27. The summed E-state index contributed by atoms with van der Waals surface area (Å²) in [5, 5.41) is 2.56. The molecule has 2 aromatic rings. The van der Waals surface area contributed by atoms with E-state index in [1.165, 1.54) is 34.6 Å². The van der Waals surface area contributed by atoms with Gasteiger partial charge in [0.25, 0.3) is 5.91 Å². The first-order valence-corrected chi connectivity index (χ1v) is 10.2. The highest BCUT2D eigenvalue weighted by Gasteiger charge is 2.26. The predicted octanol–water partition coefficient (Wildman–Crippen LogP) is 1.96. The summed E-state index contributed by atoms with van der Waals surface area (Å²) in [6.07, 6.45) is -0.0178. The summed E-state index contributed by atoms with van der Waals surface area (Å²) in [5.74, 6) is -1.86. The van der Waals surface area contributed by atoms with E-state index in [4.69, 9.17) is 4.74 Å². The number of rotatable bonds is 6. The summed E-state index contributed by atoms with van der Waals surface area (Å²) in [7, 11) is -3.72. The number of halogens is 2. The molecule has 28 heavy (non-hydrogen) atoms. The number of carbonyl (C=O) groups excluding carboxylic acids is 1. The van der Waals surface area contributed by atoms with Crippen LogP contribution in [0.15, 0.2) is 47.4 Å². The van der Waals surface area contributed by atoms with E-state index in [1.54, 1.807) is 0 Å². The van der Waals surface area contributed by atoms with Gasteiger partial charge in [-0.25, -0.2) is 17.2 Å². The zero-order chi connectivity index (χ0) is 20.1. The second kappa shape index (κ2) is 8.76. The second-order valence-corrected chi connectivity index (χ2v) is 8.19. The molecule has 1 heterocycles. The van der Waals surface area contributed by atoms with Gasteiger partial charge in [0.15, 0.2) is 0 Å². The molecule has 0 spiro atoms. The molecule has 1 aliphatic heterocycles. The monoisotopic (exact) mass is 410 g/mol. The van der Waals surface area contributed by atoms with E-state index < -0.39 is 27.6 Å². The van der Waals surface area contributed by atoms with Crippen molar-refractivity contribution >= 4 is 15.9 Å². The molecule has 0 aliphatic carbocycles. The van der Waals surface area contributed by atoms with E-state index in [0.29, 0.717) is 13.2 Å². The molecule has 0 atom stereocenters. The average molecular weight is 410 g/mol. The molecule has 0 aromatic heterocycles. The molecule has 1 N–H and O–H groups in total. The third-order valence-corrected chi connectivity index (χ3v) is 6.32. The van der Waals surface area contributed by atoms with Crippen molar-refractivity contribution < 1.29 is 26.7 Å². The van der Waals surface area contributed by atoms with Gasteiger partial charge in [-0.05, 0) is 36.8 Å². The molecule has 1 amide bonds. The van der Waals surface area contributed by atoms with Crippen molar-refractivity contribution in [2.24, 2.45) is 0 Å². The number of nitrogens with zero attached hydrogens (tertiary/aromatic N) is 1. The Morgan fingerprint density at radius 3 is 2.39 bits per heavy atom. The molecule has 9 heteroatoms. The first-order chi connectivity index (χ1) is 13.4. The lowest BCUT2D eigenvalue weighted by molar-refractivity contribution is 0.0730. The average Bonchev–Trinajstić information content (AvgIpc) is 2.71. The van der Waals surface area contributed by atoms with Crippen molar-refractivity contribution in [3.8, 4) is 0 Å². The minimum atomic E-state index is -3.72. The fourth-order valence-electron chi connectivity index (χ4n) is 2.91. The molecule has 1 aliphatic rings. The molecule has 150 valence electrons.